The molecule has 3 nitrogen and oxygen atoms in total. The van der Waals surface area contributed by atoms with Gasteiger partial charge in [0.1, 0.15) is 0 Å². The third-order valence-electron chi connectivity index (χ3n) is 5.92. The monoisotopic (exact) mass is 364 g/mol. The molecule has 0 saturated carbocycles. The Morgan fingerprint density at radius 1 is 0.923 bits per heavy atom. The predicted molar refractivity (Wildman–Crippen MR) is 113 cm³/mol. The van der Waals surface area contributed by atoms with E-state index in [1.54, 1.807) is 0 Å². The van der Waals surface area contributed by atoms with Gasteiger partial charge in [-0.1, -0.05) is 78.2 Å². The maximum Gasteiger partial charge on any atom is 0.246 e. The van der Waals surface area contributed by atoms with Crippen LogP contribution in [0.5, 0.6) is 0 Å². The highest BCUT2D eigenvalue weighted by Crippen LogP contribution is 2.24. The van der Waals surface area contributed by atoms with Crippen molar-refractivity contribution in [2.75, 3.05) is 13.1 Å². The molecule has 1 fully saturated rings. The third-order valence-corrected chi connectivity index (χ3v) is 5.92. The van der Waals surface area contributed by atoms with Crippen LogP contribution in [0.1, 0.15) is 98.3 Å². The molecule has 1 aliphatic rings. The van der Waals surface area contributed by atoms with Crippen LogP contribution in [-0.2, 0) is 4.79 Å². The fourth-order valence-corrected chi connectivity index (χ4v) is 4.50. The topological polar surface area (TPSA) is 23.6 Å². The van der Waals surface area contributed by atoms with E-state index in [2.05, 4.69) is 39.2 Å². The number of rotatable bonds is 13. The highest BCUT2D eigenvalue weighted by atomic mass is 16.2. The van der Waals surface area contributed by atoms with E-state index in [0.29, 0.717) is 6.04 Å². The largest absolute Gasteiger partial charge is 0.331 e. The van der Waals surface area contributed by atoms with E-state index >= 15 is 0 Å². The molecule has 1 amide bonds. The summed E-state index contributed by atoms with van der Waals surface area (Å²) in [7, 11) is 0. The van der Waals surface area contributed by atoms with Gasteiger partial charge in [0.25, 0.3) is 0 Å². The Labute approximate surface area is 163 Å². The van der Waals surface area contributed by atoms with Crippen molar-refractivity contribution in [2.45, 2.75) is 116 Å². The molecule has 152 valence electrons. The van der Waals surface area contributed by atoms with Crippen molar-refractivity contribution < 1.29 is 4.79 Å². The number of nitrogens with zero attached hydrogens (tertiary/aromatic N) is 2. The molecule has 1 heterocycles. The van der Waals surface area contributed by atoms with Gasteiger partial charge in [0, 0.05) is 31.2 Å². The zero-order valence-electron chi connectivity index (χ0n) is 18.0. The van der Waals surface area contributed by atoms with Gasteiger partial charge in [-0.3, -0.25) is 9.69 Å². The second-order valence-electron chi connectivity index (χ2n) is 8.31. The van der Waals surface area contributed by atoms with Crippen molar-refractivity contribution in [3.05, 3.63) is 12.7 Å². The first-order valence-electron chi connectivity index (χ1n) is 11.2. The minimum Gasteiger partial charge on any atom is -0.331 e. The molecule has 0 N–H and O–H groups in total. The van der Waals surface area contributed by atoms with Crippen LogP contribution < -0.4 is 0 Å². The van der Waals surface area contributed by atoms with Crippen molar-refractivity contribution >= 4 is 5.91 Å². The maximum absolute atomic E-state index is 12.2. The van der Waals surface area contributed by atoms with E-state index < -0.39 is 0 Å². The van der Waals surface area contributed by atoms with Gasteiger partial charge in [-0.05, 0) is 32.8 Å². The summed E-state index contributed by atoms with van der Waals surface area (Å²) in [6.45, 7) is 14.7. The van der Waals surface area contributed by atoms with Crippen LogP contribution in [0, 0.1) is 0 Å². The summed E-state index contributed by atoms with van der Waals surface area (Å²) in [6.07, 6.45) is 16.3. The van der Waals surface area contributed by atoms with Gasteiger partial charge in [0.2, 0.25) is 5.91 Å². The van der Waals surface area contributed by atoms with E-state index in [1.165, 1.54) is 76.7 Å². The van der Waals surface area contributed by atoms with Gasteiger partial charge in [0.15, 0.2) is 0 Å². The third kappa shape index (κ3) is 7.82. The van der Waals surface area contributed by atoms with E-state index in [1.807, 2.05) is 4.90 Å². The fourth-order valence-electron chi connectivity index (χ4n) is 4.50. The Bertz CT molecular complexity index is 384. The average molecular weight is 365 g/mol. The number of hydrogen-bond acceptors (Lipinski definition) is 2. The van der Waals surface area contributed by atoms with Gasteiger partial charge < -0.3 is 4.90 Å². The van der Waals surface area contributed by atoms with Gasteiger partial charge >= 0.3 is 0 Å². The smallest absolute Gasteiger partial charge is 0.246 e. The van der Waals surface area contributed by atoms with Crippen LogP contribution in [0.25, 0.3) is 0 Å². The molecule has 0 aliphatic carbocycles. The molecule has 0 bridgehead atoms. The Kier molecular flexibility index (Phi) is 11.9. The second kappa shape index (κ2) is 13.4. The number of piperazine rings is 1. The summed E-state index contributed by atoms with van der Waals surface area (Å²) < 4.78 is 0. The van der Waals surface area contributed by atoms with E-state index in [9.17, 15) is 4.79 Å². The number of carbonyl (C=O) groups excluding carboxylic acids is 1. The van der Waals surface area contributed by atoms with Crippen molar-refractivity contribution in [2.24, 2.45) is 0 Å². The number of hydrogen-bond donors (Lipinski definition) is 0. The summed E-state index contributed by atoms with van der Waals surface area (Å²) in [5.41, 5.74) is 0. The molecule has 26 heavy (non-hydrogen) atoms. The van der Waals surface area contributed by atoms with Gasteiger partial charge in [-0.15, -0.1) is 0 Å². The Morgan fingerprint density at radius 3 is 1.85 bits per heavy atom. The van der Waals surface area contributed by atoms with Gasteiger partial charge in [-0.2, -0.15) is 0 Å². The van der Waals surface area contributed by atoms with Crippen molar-refractivity contribution in [1.82, 2.24) is 9.80 Å². The molecular weight excluding hydrogens is 320 g/mol. The molecule has 0 aromatic rings. The first kappa shape index (κ1) is 23.2. The molecule has 3 heteroatoms. The lowest BCUT2D eigenvalue weighted by atomic mass is 9.96. The molecule has 1 rings (SSSR count). The standard InChI is InChI=1S/C23H44N2O/c1-6-9-11-13-15-17-22(16-14-12-10-7-2)24-18-20(4)25(21(5)19-24)23(26)8-3/h8,20-22H,3,6-7,9-19H2,1-2,4-5H3/t20-,21+,22-/m0/s1. The molecule has 0 spiro atoms. The zero-order chi connectivity index (χ0) is 19.4. The van der Waals surface area contributed by atoms with Crippen LogP contribution >= 0.6 is 0 Å². The first-order valence-corrected chi connectivity index (χ1v) is 11.2. The summed E-state index contributed by atoms with van der Waals surface area (Å²) in [4.78, 5) is 16.9. The van der Waals surface area contributed by atoms with Crippen LogP contribution in [0.2, 0.25) is 0 Å². The molecule has 1 saturated heterocycles. The molecule has 0 aromatic heterocycles. The number of unbranched alkanes of at least 4 members (excludes halogenated alkanes) is 7. The Balaban J connectivity index is 2.60. The highest BCUT2D eigenvalue weighted by molar-refractivity contribution is 5.87. The molecular formula is C23H44N2O. The van der Waals surface area contributed by atoms with E-state index in [-0.39, 0.29) is 18.0 Å². The Morgan fingerprint density at radius 2 is 1.38 bits per heavy atom. The van der Waals surface area contributed by atoms with E-state index in [0.717, 1.165) is 13.1 Å². The summed E-state index contributed by atoms with van der Waals surface area (Å²) in [6, 6.07) is 1.25. The van der Waals surface area contributed by atoms with Crippen LogP contribution in [0.4, 0.5) is 0 Å². The lowest BCUT2D eigenvalue weighted by molar-refractivity contribution is -0.134. The summed E-state index contributed by atoms with van der Waals surface area (Å²) in [5.74, 6) is 0.0868. The highest BCUT2D eigenvalue weighted by Gasteiger charge is 2.34. The molecule has 0 unspecified atom stereocenters. The van der Waals surface area contributed by atoms with Crippen LogP contribution in [0.15, 0.2) is 12.7 Å². The quantitative estimate of drug-likeness (QED) is 0.305. The maximum atomic E-state index is 12.2. The van der Waals surface area contributed by atoms with Crippen LogP contribution in [-0.4, -0.2) is 46.9 Å². The summed E-state index contributed by atoms with van der Waals surface area (Å²) in [5, 5.41) is 0. The molecule has 1 aliphatic heterocycles. The normalized spacial score (nSPS) is 22.4. The molecule has 3 atom stereocenters. The van der Waals surface area contributed by atoms with Gasteiger partial charge in [0.05, 0.1) is 0 Å². The van der Waals surface area contributed by atoms with Crippen LogP contribution in [0.3, 0.4) is 0 Å². The van der Waals surface area contributed by atoms with Crippen molar-refractivity contribution in [3.63, 3.8) is 0 Å². The minimum atomic E-state index is 0.0868. The fraction of sp³-hybridized carbons (Fsp3) is 0.870. The zero-order valence-corrected chi connectivity index (χ0v) is 18.0. The number of amides is 1. The SMILES string of the molecule is C=CC(=O)N1[C@H](C)CN([C@@H](CCCCCC)CCCCCCC)C[C@@H]1C. The lowest BCUT2D eigenvalue weighted by Gasteiger charge is -2.47. The molecule has 0 radical (unpaired) electrons. The van der Waals surface area contributed by atoms with E-state index in [4.69, 9.17) is 0 Å². The van der Waals surface area contributed by atoms with Gasteiger partial charge in [-0.25, -0.2) is 0 Å². The molecule has 0 aromatic carbocycles. The average Bonchev–Trinajstić information content (AvgIpc) is 2.62. The first-order chi connectivity index (χ1) is 12.5. The second-order valence-corrected chi connectivity index (χ2v) is 8.31. The Hall–Kier alpha value is -0.830. The minimum absolute atomic E-state index is 0.0868. The number of carbonyl (C=O) groups is 1. The van der Waals surface area contributed by atoms with Crippen molar-refractivity contribution in [3.8, 4) is 0 Å². The summed E-state index contributed by atoms with van der Waals surface area (Å²) >= 11 is 0. The predicted octanol–water partition coefficient (Wildman–Crippen LogP) is 5.79. The van der Waals surface area contributed by atoms with Crippen molar-refractivity contribution in [1.29, 1.82) is 0 Å². The lowest BCUT2D eigenvalue weighted by Crippen LogP contribution is -2.60.